The van der Waals surface area contributed by atoms with Crippen molar-refractivity contribution in [2.75, 3.05) is 0 Å². The number of hydrogen-bond acceptors (Lipinski definition) is 3. The van der Waals surface area contributed by atoms with E-state index in [2.05, 4.69) is 23.3 Å². The van der Waals surface area contributed by atoms with E-state index < -0.39 is 0 Å². The highest BCUT2D eigenvalue weighted by atomic mass is 32.1. The van der Waals surface area contributed by atoms with E-state index in [1.165, 1.54) is 4.88 Å². The summed E-state index contributed by atoms with van der Waals surface area (Å²) in [4.78, 5) is 18.9. The van der Waals surface area contributed by atoms with Gasteiger partial charge in [-0.15, -0.1) is 11.3 Å². The van der Waals surface area contributed by atoms with Gasteiger partial charge in [-0.25, -0.2) is 0 Å². The second-order valence-electron chi connectivity index (χ2n) is 5.01. The van der Waals surface area contributed by atoms with E-state index in [-0.39, 0.29) is 5.91 Å². The van der Waals surface area contributed by atoms with Gasteiger partial charge in [0, 0.05) is 23.2 Å². The number of pyridine rings is 1. The van der Waals surface area contributed by atoms with E-state index in [4.69, 9.17) is 0 Å². The Morgan fingerprint density at radius 2 is 1.95 bits per heavy atom. The van der Waals surface area contributed by atoms with Crippen molar-refractivity contribution in [2.45, 2.75) is 13.5 Å². The molecule has 110 valence electrons. The molecule has 0 saturated heterocycles. The van der Waals surface area contributed by atoms with Gasteiger partial charge < -0.3 is 5.32 Å². The third-order valence-corrected chi connectivity index (χ3v) is 4.33. The summed E-state index contributed by atoms with van der Waals surface area (Å²) in [5.74, 6) is -0.0826. The van der Waals surface area contributed by atoms with Crippen molar-refractivity contribution < 1.29 is 4.79 Å². The summed E-state index contributed by atoms with van der Waals surface area (Å²) >= 11 is 1.68. The lowest BCUT2D eigenvalue weighted by atomic mass is 10.2. The normalized spacial score (nSPS) is 10.4. The quantitative estimate of drug-likeness (QED) is 0.790. The van der Waals surface area contributed by atoms with Crippen LogP contribution in [0.1, 0.15) is 20.8 Å². The van der Waals surface area contributed by atoms with E-state index in [1.54, 1.807) is 23.6 Å². The first-order chi connectivity index (χ1) is 10.7. The molecule has 3 rings (SSSR count). The molecule has 22 heavy (non-hydrogen) atoms. The molecule has 0 fully saturated rings. The Bertz CT molecular complexity index is 781. The number of nitrogens with zero attached hydrogens (tertiary/aromatic N) is 1. The van der Waals surface area contributed by atoms with Crippen LogP contribution < -0.4 is 5.32 Å². The predicted molar refractivity (Wildman–Crippen MR) is 89.9 cm³/mol. The number of nitrogens with one attached hydrogen (secondary N) is 1. The minimum Gasteiger partial charge on any atom is -0.348 e. The third kappa shape index (κ3) is 3.40. The van der Waals surface area contributed by atoms with Crippen LogP contribution in [0.15, 0.2) is 60.8 Å². The molecule has 3 aromatic rings. The fraction of sp³-hybridized carbons (Fsp3) is 0.111. The average molecular weight is 308 g/mol. The number of amides is 1. The van der Waals surface area contributed by atoms with Crippen LogP contribution in [-0.2, 0) is 6.54 Å². The maximum atomic E-state index is 12.3. The fourth-order valence-corrected chi connectivity index (χ4v) is 2.99. The average Bonchev–Trinajstić information content (AvgIpc) is 3.00. The largest absolute Gasteiger partial charge is 0.348 e. The van der Waals surface area contributed by atoms with Crippen LogP contribution in [0.5, 0.6) is 0 Å². The molecule has 0 atom stereocenters. The van der Waals surface area contributed by atoms with Gasteiger partial charge in [0.2, 0.25) is 0 Å². The molecule has 0 bridgehead atoms. The zero-order chi connectivity index (χ0) is 15.4. The van der Waals surface area contributed by atoms with Crippen molar-refractivity contribution in [3.05, 3.63) is 76.8 Å². The number of benzene rings is 1. The maximum absolute atomic E-state index is 12.3. The Morgan fingerprint density at radius 1 is 1.14 bits per heavy atom. The summed E-state index contributed by atoms with van der Waals surface area (Å²) in [6, 6.07) is 17.5. The monoisotopic (exact) mass is 308 g/mol. The summed E-state index contributed by atoms with van der Waals surface area (Å²) in [6.07, 6.45) is 1.68. The Hall–Kier alpha value is -2.46. The summed E-state index contributed by atoms with van der Waals surface area (Å²) in [5.41, 5.74) is 2.55. The summed E-state index contributed by atoms with van der Waals surface area (Å²) in [5, 5.41) is 2.94. The zero-order valence-corrected chi connectivity index (χ0v) is 13.1. The molecular weight excluding hydrogens is 292 g/mol. The minimum absolute atomic E-state index is 0.0826. The van der Waals surface area contributed by atoms with Crippen molar-refractivity contribution in [1.29, 1.82) is 0 Å². The van der Waals surface area contributed by atoms with Gasteiger partial charge in [0.25, 0.3) is 5.91 Å². The van der Waals surface area contributed by atoms with E-state index in [0.717, 1.165) is 16.1 Å². The van der Waals surface area contributed by atoms with Crippen LogP contribution in [-0.4, -0.2) is 10.9 Å². The van der Waals surface area contributed by atoms with Crippen LogP contribution in [0.2, 0.25) is 0 Å². The predicted octanol–water partition coefficient (Wildman–Crippen LogP) is 4.05. The molecule has 1 amide bonds. The van der Waals surface area contributed by atoms with Crippen LogP contribution in [0.3, 0.4) is 0 Å². The second kappa shape index (κ2) is 6.54. The van der Waals surface area contributed by atoms with Crippen LogP contribution >= 0.6 is 11.3 Å². The molecule has 1 N–H and O–H groups in total. The molecule has 0 aliphatic heterocycles. The third-order valence-electron chi connectivity index (χ3n) is 3.31. The Morgan fingerprint density at radius 3 is 2.68 bits per heavy atom. The SMILES string of the molecule is Cc1ccc(-c2cc(C(=O)NCc3ccccc3)ccn2)s1. The van der Waals surface area contributed by atoms with E-state index in [1.807, 2.05) is 42.5 Å². The van der Waals surface area contributed by atoms with Gasteiger partial charge in [0.05, 0.1) is 10.6 Å². The summed E-state index contributed by atoms with van der Waals surface area (Å²) in [7, 11) is 0. The van der Waals surface area contributed by atoms with E-state index in [9.17, 15) is 4.79 Å². The van der Waals surface area contributed by atoms with Gasteiger partial charge in [-0.2, -0.15) is 0 Å². The van der Waals surface area contributed by atoms with Crippen molar-refractivity contribution in [3.8, 4) is 10.6 Å². The van der Waals surface area contributed by atoms with Gasteiger partial charge in [-0.05, 0) is 36.8 Å². The van der Waals surface area contributed by atoms with Gasteiger partial charge in [-0.1, -0.05) is 30.3 Å². The topological polar surface area (TPSA) is 42.0 Å². The molecule has 1 aromatic carbocycles. The maximum Gasteiger partial charge on any atom is 0.251 e. The summed E-state index contributed by atoms with van der Waals surface area (Å²) in [6.45, 7) is 2.58. The Kier molecular flexibility index (Phi) is 4.30. The lowest BCUT2D eigenvalue weighted by Crippen LogP contribution is -2.22. The zero-order valence-electron chi connectivity index (χ0n) is 12.2. The minimum atomic E-state index is -0.0826. The first-order valence-electron chi connectivity index (χ1n) is 7.07. The van der Waals surface area contributed by atoms with Gasteiger partial charge in [0.1, 0.15) is 0 Å². The number of carbonyl (C=O) groups excluding carboxylic acids is 1. The van der Waals surface area contributed by atoms with Crippen molar-refractivity contribution >= 4 is 17.2 Å². The van der Waals surface area contributed by atoms with Crippen molar-refractivity contribution in [1.82, 2.24) is 10.3 Å². The van der Waals surface area contributed by atoms with E-state index in [0.29, 0.717) is 12.1 Å². The lowest BCUT2D eigenvalue weighted by molar-refractivity contribution is 0.0951. The van der Waals surface area contributed by atoms with Crippen LogP contribution in [0, 0.1) is 6.92 Å². The number of hydrogen-bond donors (Lipinski definition) is 1. The van der Waals surface area contributed by atoms with E-state index >= 15 is 0 Å². The Labute approximate surface area is 133 Å². The fourth-order valence-electron chi connectivity index (χ4n) is 2.16. The highest BCUT2D eigenvalue weighted by Crippen LogP contribution is 2.26. The molecule has 3 nitrogen and oxygen atoms in total. The Balaban J connectivity index is 1.73. The number of aromatic nitrogens is 1. The molecule has 2 heterocycles. The van der Waals surface area contributed by atoms with Gasteiger partial charge >= 0.3 is 0 Å². The molecule has 0 aliphatic rings. The molecule has 0 spiro atoms. The van der Waals surface area contributed by atoms with Gasteiger partial charge in [-0.3, -0.25) is 9.78 Å². The van der Waals surface area contributed by atoms with Crippen LogP contribution in [0.4, 0.5) is 0 Å². The standard InChI is InChI=1S/C18H16N2OS/c1-13-7-8-17(22-13)16-11-15(9-10-19-16)18(21)20-12-14-5-3-2-4-6-14/h2-11H,12H2,1H3,(H,20,21). The van der Waals surface area contributed by atoms with Crippen molar-refractivity contribution in [2.24, 2.45) is 0 Å². The molecule has 0 aliphatic carbocycles. The smallest absolute Gasteiger partial charge is 0.251 e. The highest BCUT2D eigenvalue weighted by molar-refractivity contribution is 7.15. The van der Waals surface area contributed by atoms with Crippen LogP contribution in [0.25, 0.3) is 10.6 Å². The molecule has 2 aromatic heterocycles. The molecular formula is C18H16N2OS. The van der Waals surface area contributed by atoms with Gasteiger partial charge in [0.15, 0.2) is 0 Å². The molecule has 0 radical (unpaired) electrons. The number of carbonyl (C=O) groups is 1. The number of thiophene rings is 1. The second-order valence-corrected chi connectivity index (χ2v) is 6.30. The summed E-state index contributed by atoms with van der Waals surface area (Å²) < 4.78 is 0. The first kappa shape index (κ1) is 14.5. The molecule has 0 saturated carbocycles. The number of rotatable bonds is 4. The number of aryl methyl sites for hydroxylation is 1. The molecule has 4 heteroatoms. The highest BCUT2D eigenvalue weighted by Gasteiger charge is 2.09. The molecule has 0 unspecified atom stereocenters. The lowest BCUT2D eigenvalue weighted by Gasteiger charge is -2.06. The van der Waals surface area contributed by atoms with Crippen molar-refractivity contribution in [3.63, 3.8) is 0 Å². The first-order valence-corrected chi connectivity index (χ1v) is 7.89.